The maximum atomic E-state index is 12.5. The van der Waals surface area contributed by atoms with Crippen LogP contribution in [0, 0.1) is 5.41 Å². The average Bonchev–Trinajstić information content (AvgIpc) is 3.16. The van der Waals surface area contributed by atoms with E-state index >= 15 is 0 Å². The van der Waals surface area contributed by atoms with Crippen LogP contribution in [0.1, 0.15) is 21.0 Å². The largest absolute Gasteiger partial charge is 0.461 e. The molecule has 0 aliphatic heterocycles. The van der Waals surface area contributed by atoms with Crippen molar-refractivity contribution in [1.29, 1.82) is 5.41 Å². The Balaban J connectivity index is 2.05. The van der Waals surface area contributed by atoms with Crippen molar-refractivity contribution in [2.24, 2.45) is 5.73 Å². The van der Waals surface area contributed by atoms with Crippen LogP contribution >= 0.6 is 22.9 Å². The molecule has 1 aromatic carbocycles. The van der Waals surface area contributed by atoms with Crippen LogP contribution in [0.5, 0.6) is 0 Å². The molecule has 23 heavy (non-hydrogen) atoms. The van der Waals surface area contributed by atoms with E-state index in [1.165, 1.54) is 17.6 Å². The van der Waals surface area contributed by atoms with Crippen LogP contribution in [0.3, 0.4) is 0 Å². The van der Waals surface area contributed by atoms with Crippen LogP contribution in [0.25, 0.3) is 10.4 Å². The van der Waals surface area contributed by atoms with Gasteiger partial charge in [0, 0.05) is 16.3 Å². The number of thiophene rings is 1. The van der Waals surface area contributed by atoms with Crippen molar-refractivity contribution in [2.45, 2.75) is 6.42 Å². The zero-order valence-corrected chi connectivity index (χ0v) is 13.6. The van der Waals surface area contributed by atoms with Crippen LogP contribution in [-0.4, -0.2) is 11.6 Å². The molecule has 6 heteroatoms. The summed E-state index contributed by atoms with van der Waals surface area (Å²) in [6.07, 6.45) is 1.76. The molecule has 116 valence electrons. The highest BCUT2D eigenvalue weighted by Gasteiger charge is 2.19. The molecule has 2 aromatic heterocycles. The number of carbonyl (C=O) groups excluding carboxylic acids is 1. The Morgan fingerprint density at radius 1 is 1.26 bits per heavy atom. The number of furan rings is 1. The Kier molecular flexibility index (Phi) is 4.32. The minimum Gasteiger partial charge on any atom is -0.461 e. The van der Waals surface area contributed by atoms with Gasteiger partial charge in [0.25, 0.3) is 0 Å². The number of hydrogen-bond acceptors (Lipinski definition) is 4. The molecule has 0 radical (unpaired) electrons. The first-order valence-corrected chi connectivity index (χ1v) is 8.04. The van der Waals surface area contributed by atoms with Gasteiger partial charge in [0.15, 0.2) is 5.76 Å². The Bertz CT molecular complexity index is 851. The highest BCUT2D eigenvalue weighted by molar-refractivity contribution is 7.17. The summed E-state index contributed by atoms with van der Waals surface area (Å²) < 4.78 is 5.17. The molecule has 4 nitrogen and oxygen atoms in total. The van der Waals surface area contributed by atoms with Gasteiger partial charge in [0.05, 0.1) is 17.0 Å². The van der Waals surface area contributed by atoms with Crippen LogP contribution in [-0.2, 0) is 6.42 Å². The Hall–Kier alpha value is -2.37. The summed E-state index contributed by atoms with van der Waals surface area (Å²) in [5.74, 6) is 0.170. The maximum absolute atomic E-state index is 12.5. The minimum absolute atomic E-state index is 0.0509. The number of benzene rings is 1. The first-order chi connectivity index (χ1) is 11.0. The third kappa shape index (κ3) is 3.36. The van der Waals surface area contributed by atoms with Gasteiger partial charge in [0.2, 0.25) is 5.78 Å². The van der Waals surface area contributed by atoms with Gasteiger partial charge in [-0.1, -0.05) is 23.7 Å². The quantitative estimate of drug-likeness (QED) is 0.409. The Labute approximate surface area is 142 Å². The fourth-order valence-corrected chi connectivity index (χ4v) is 3.51. The predicted molar refractivity (Wildman–Crippen MR) is 92.5 cm³/mol. The lowest BCUT2D eigenvalue weighted by Gasteiger charge is -2.03. The van der Waals surface area contributed by atoms with E-state index in [0.717, 1.165) is 16.0 Å². The molecule has 0 unspecified atom stereocenters. The highest BCUT2D eigenvalue weighted by atomic mass is 35.5. The van der Waals surface area contributed by atoms with Crippen molar-refractivity contribution in [3.8, 4) is 10.4 Å². The molecule has 0 fully saturated rings. The zero-order chi connectivity index (χ0) is 16.4. The third-order valence-corrected chi connectivity index (χ3v) is 4.74. The number of nitrogens with two attached hydrogens (primary N) is 1. The van der Waals surface area contributed by atoms with Gasteiger partial charge in [-0.15, -0.1) is 11.3 Å². The fraction of sp³-hybridized carbons (Fsp3) is 0.0588. The molecule has 3 N–H and O–H groups in total. The standard InChI is InChI=1S/C17H13ClN2O2S/c18-12-5-3-10(4-6-12)17-11(9-15(19)20)8-14(23-17)16(21)13-2-1-7-22-13/h1-8H,9H2,(H3,19,20). The molecule has 3 rings (SSSR count). The number of amidine groups is 1. The fourth-order valence-electron chi connectivity index (χ4n) is 2.25. The summed E-state index contributed by atoms with van der Waals surface area (Å²) >= 11 is 7.29. The van der Waals surface area contributed by atoms with E-state index in [1.807, 2.05) is 12.1 Å². The monoisotopic (exact) mass is 344 g/mol. The van der Waals surface area contributed by atoms with Crippen LogP contribution in [0.4, 0.5) is 0 Å². The summed E-state index contributed by atoms with van der Waals surface area (Å²) in [5, 5.41) is 8.18. The molecule has 0 bridgehead atoms. The molecule has 0 atom stereocenters. The molecule has 0 aliphatic rings. The van der Waals surface area contributed by atoms with Crippen molar-refractivity contribution >= 4 is 34.6 Å². The van der Waals surface area contributed by atoms with Gasteiger partial charge in [-0.25, -0.2) is 0 Å². The van der Waals surface area contributed by atoms with Gasteiger partial charge in [0.1, 0.15) is 0 Å². The van der Waals surface area contributed by atoms with E-state index in [9.17, 15) is 4.79 Å². The van der Waals surface area contributed by atoms with Gasteiger partial charge in [-0.05, 0) is 41.5 Å². The number of nitrogens with one attached hydrogen (secondary N) is 1. The summed E-state index contributed by atoms with van der Waals surface area (Å²) in [6, 6.07) is 12.5. The van der Waals surface area contributed by atoms with Crippen LogP contribution in [0.15, 0.2) is 53.1 Å². The van der Waals surface area contributed by atoms with E-state index in [1.54, 1.807) is 30.3 Å². The smallest absolute Gasteiger partial charge is 0.238 e. The first kappa shape index (κ1) is 15.5. The second-order valence-corrected chi connectivity index (χ2v) is 6.47. The third-order valence-electron chi connectivity index (χ3n) is 3.27. The van der Waals surface area contributed by atoms with Gasteiger partial charge < -0.3 is 10.2 Å². The predicted octanol–water partition coefficient (Wildman–Crippen LogP) is 4.37. The van der Waals surface area contributed by atoms with E-state index in [2.05, 4.69) is 0 Å². The topological polar surface area (TPSA) is 80.1 Å². The minimum atomic E-state index is -0.176. The Morgan fingerprint density at radius 3 is 2.61 bits per heavy atom. The normalized spacial score (nSPS) is 10.7. The van der Waals surface area contributed by atoms with Crippen molar-refractivity contribution < 1.29 is 9.21 Å². The summed E-state index contributed by atoms with van der Waals surface area (Å²) in [5.41, 5.74) is 7.32. The van der Waals surface area contributed by atoms with Crippen molar-refractivity contribution in [2.75, 3.05) is 0 Å². The first-order valence-electron chi connectivity index (χ1n) is 6.84. The van der Waals surface area contributed by atoms with Crippen molar-refractivity contribution in [3.63, 3.8) is 0 Å². The lowest BCUT2D eigenvalue weighted by molar-refractivity contribution is 0.101. The zero-order valence-electron chi connectivity index (χ0n) is 12.0. The highest BCUT2D eigenvalue weighted by Crippen LogP contribution is 2.35. The van der Waals surface area contributed by atoms with E-state index in [4.69, 9.17) is 27.2 Å². The summed E-state index contributed by atoms with van der Waals surface area (Å²) in [6.45, 7) is 0. The van der Waals surface area contributed by atoms with E-state index in [0.29, 0.717) is 22.1 Å². The van der Waals surface area contributed by atoms with Crippen molar-refractivity contribution in [3.05, 3.63) is 70.0 Å². The molecular formula is C17H13ClN2O2S. The van der Waals surface area contributed by atoms with Crippen LogP contribution in [0.2, 0.25) is 5.02 Å². The van der Waals surface area contributed by atoms with Crippen molar-refractivity contribution in [1.82, 2.24) is 0 Å². The number of rotatable bonds is 5. The SMILES string of the molecule is N=C(N)Cc1cc(C(=O)c2ccco2)sc1-c1ccc(Cl)cc1. The van der Waals surface area contributed by atoms with E-state index < -0.39 is 0 Å². The Morgan fingerprint density at radius 2 is 2.00 bits per heavy atom. The lowest BCUT2D eigenvalue weighted by Crippen LogP contribution is -2.12. The number of hydrogen-bond donors (Lipinski definition) is 2. The van der Waals surface area contributed by atoms with Gasteiger partial charge in [-0.2, -0.15) is 0 Å². The molecular weight excluding hydrogens is 332 g/mol. The maximum Gasteiger partial charge on any atom is 0.238 e. The average molecular weight is 345 g/mol. The second kappa shape index (κ2) is 6.40. The number of carbonyl (C=O) groups is 1. The molecule has 0 spiro atoms. The molecule has 0 saturated heterocycles. The van der Waals surface area contributed by atoms with Gasteiger partial charge >= 0.3 is 0 Å². The van der Waals surface area contributed by atoms with E-state index in [-0.39, 0.29) is 11.6 Å². The molecule has 0 aliphatic carbocycles. The number of ketones is 1. The number of halogens is 1. The molecule has 0 amide bonds. The summed E-state index contributed by atoms with van der Waals surface area (Å²) in [4.78, 5) is 13.9. The molecule has 0 saturated carbocycles. The molecule has 3 aromatic rings. The second-order valence-electron chi connectivity index (χ2n) is 4.98. The van der Waals surface area contributed by atoms with Crippen LogP contribution < -0.4 is 5.73 Å². The van der Waals surface area contributed by atoms with Gasteiger partial charge in [-0.3, -0.25) is 10.2 Å². The lowest BCUT2D eigenvalue weighted by atomic mass is 10.1. The molecule has 2 heterocycles. The summed E-state index contributed by atoms with van der Waals surface area (Å²) in [7, 11) is 0.